The summed E-state index contributed by atoms with van der Waals surface area (Å²) in [7, 11) is 0. The Kier molecular flexibility index (Phi) is 4.32. The Morgan fingerprint density at radius 2 is 1.70 bits per heavy atom. The van der Waals surface area contributed by atoms with Gasteiger partial charge in [-0.25, -0.2) is 0 Å². The number of rotatable bonds is 4. The van der Waals surface area contributed by atoms with Gasteiger partial charge in [-0.05, 0) is 11.6 Å². The van der Waals surface area contributed by atoms with Crippen molar-refractivity contribution in [3.05, 3.63) is 70.3 Å². The maximum atomic E-state index is 12.0. The molecule has 0 aliphatic carbocycles. The lowest BCUT2D eigenvalue weighted by atomic mass is 10.1. The Morgan fingerprint density at radius 1 is 1.10 bits per heavy atom. The SMILES string of the molecule is O=C(Nc1ccccc1[N+](=O)[O-])C(Cl)c1ccccc1. The minimum absolute atomic E-state index is 0.129. The van der Waals surface area contributed by atoms with Crippen LogP contribution < -0.4 is 5.32 Å². The van der Waals surface area contributed by atoms with Crippen molar-refractivity contribution in [3.8, 4) is 0 Å². The van der Waals surface area contributed by atoms with Crippen LogP contribution in [0.1, 0.15) is 10.9 Å². The number of halogens is 1. The second kappa shape index (κ2) is 6.16. The van der Waals surface area contributed by atoms with Crippen LogP contribution in [-0.2, 0) is 4.79 Å². The molecule has 1 N–H and O–H groups in total. The molecule has 2 rings (SSSR count). The van der Waals surface area contributed by atoms with Crippen molar-refractivity contribution >= 4 is 28.9 Å². The van der Waals surface area contributed by atoms with Gasteiger partial charge in [-0.3, -0.25) is 14.9 Å². The van der Waals surface area contributed by atoms with E-state index in [-0.39, 0.29) is 11.4 Å². The molecule has 0 saturated carbocycles. The average Bonchev–Trinajstić information content (AvgIpc) is 2.47. The van der Waals surface area contributed by atoms with Crippen LogP contribution in [0.2, 0.25) is 0 Å². The number of carbonyl (C=O) groups excluding carboxylic acids is 1. The van der Waals surface area contributed by atoms with E-state index in [1.54, 1.807) is 30.3 Å². The third-order valence-corrected chi connectivity index (χ3v) is 3.13. The van der Waals surface area contributed by atoms with E-state index in [4.69, 9.17) is 11.6 Å². The largest absolute Gasteiger partial charge is 0.319 e. The van der Waals surface area contributed by atoms with Gasteiger partial charge in [0.05, 0.1) is 4.92 Å². The number of carbonyl (C=O) groups is 1. The van der Waals surface area contributed by atoms with Crippen LogP contribution in [0.15, 0.2) is 54.6 Å². The number of nitrogens with one attached hydrogen (secondary N) is 1. The van der Waals surface area contributed by atoms with Crippen molar-refractivity contribution in [2.24, 2.45) is 0 Å². The van der Waals surface area contributed by atoms with E-state index in [0.717, 1.165) is 0 Å². The molecule has 0 spiro atoms. The Balaban J connectivity index is 2.18. The van der Waals surface area contributed by atoms with E-state index in [9.17, 15) is 14.9 Å². The number of hydrogen-bond acceptors (Lipinski definition) is 3. The van der Waals surface area contributed by atoms with Gasteiger partial charge < -0.3 is 5.32 Å². The van der Waals surface area contributed by atoms with E-state index < -0.39 is 16.2 Å². The number of nitrogens with zero attached hydrogens (tertiary/aromatic N) is 1. The van der Waals surface area contributed by atoms with Gasteiger partial charge in [-0.2, -0.15) is 0 Å². The van der Waals surface area contributed by atoms with Gasteiger partial charge in [0, 0.05) is 6.07 Å². The topological polar surface area (TPSA) is 72.2 Å². The van der Waals surface area contributed by atoms with E-state index in [2.05, 4.69) is 5.32 Å². The fourth-order valence-corrected chi connectivity index (χ4v) is 1.91. The molecule has 0 heterocycles. The normalized spacial score (nSPS) is 11.7. The number of amides is 1. The van der Waals surface area contributed by atoms with Crippen LogP contribution in [-0.4, -0.2) is 10.8 Å². The number of nitro groups is 1. The van der Waals surface area contributed by atoms with Gasteiger partial charge in [-0.15, -0.1) is 11.6 Å². The quantitative estimate of drug-likeness (QED) is 0.532. The van der Waals surface area contributed by atoms with Crippen LogP contribution in [0.5, 0.6) is 0 Å². The summed E-state index contributed by atoms with van der Waals surface area (Å²) in [5.74, 6) is -0.507. The molecule has 20 heavy (non-hydrogen) atoms. The molecule has 0 aliphatic heterocycles. The fraction of sp³-hybridized carbons (Fsp3) is 0.0714. The van der Waals surface area contributed by atoms with Gasteiger partial charge in [0.15, 0.2) is 0 Å². The highest BCUT2D eigenvalue weighted by atomic mass is 35.5. The van der Waals surface area contributed by atoms with Crippen molar-refractivity contribution in [3.63, 3.8) is 0 Å². The number of benzene rings is 2. The number of nitro benzene ring substituents is 1. The fourth-order valence-electron chi connectivity index (χ4n) is 1.71. The van der Waals surface area contributed by atoms with Gasteiger partial charge in [0.1, 0.15) is 11.1 Å². The van der Waals surface area contributed by atoms with E-state index in [1.165, 1.54) is 18.2 Å². The summed E-state index contributed by atoms with van der Waals surface area (Å²) in [5, 5.41) is 12.4. The van der Waals surface area contributed by atoms with E-state index in [0.29, 0.717) is 5.56 Å². The molecular formula is C14H11ClN2O3. The molecule has 6 heteroatoms. The van der Waals surface area contributed by atoms with E-state index >= 15 is 0 Å². The first kappa shape index (κ1) is 14.0. The van der Waals surface area contributed by atoms with Crippen molar-refractivity contribution < 1.29 is 9.72 Å². The zero-order valence-electron chi connectivity index (χ0n) is 10.3. The maximum absolute atomic E-state index is 12.0. The summed E-state index contributed by atoms with van der Waals surface area (Å²) in [6.07, 6.45) is 0. The highest BCUT2D eigenvalue weighted by molar-refractivity contribution is 6.32. The lowest BCUT2D eigenvalue weighted by Crippen LogP contribution is -2.18. The van der Waals surface area contributed by atoms with Crippen molar-refractivity contribution in [2.75, 3.05) is 5.32 Å². The molecule has 0 saturated heterocycles. The predicted molar refractivity (Wildman–Crippen MR) is 76.8 cm³/mol. The Hall–Kier alpha value is -2.40. The zero-order valence-corrected chi connectivity index (χ0v) is 11.1. The summed E-state index contributed by atoms with van der Waals surface area (Å²) < 4.78 is 0. The minimum atomic E-state index is -0.906. The van der Waals surface area contributed by atoms with Crippen LogP contribution in [0.3, 0.4) is 0 Å². The maximum Gasteiger partial charge on any atom is 0.292 e. The lowest BCUT2D eigenvalue weighted by molar-refractivity contribution is -0.383. The molecule has 1 amide bonds. The monoisotopic (exact) mass is 290 g/mol. The average molecular weight is 291 g/mol. The smallest absolute Gasteiger partial charge is 0.292 e. The summed E-state index contributed by atoms with van der Waals surface area (Å²) in [6.45, 7) is 0. The molecule has 0 radical (unpaired) electrons. The van der Waals surface area contributed by atoms with E-state index in [1.807, 2.05) is 6.07 Å². The van der Waals surface area contributed by atoms with Crippen LogP contribution >= 0.6 is 11.6 Å². The Morgan fingerprint density at radius 3 is 2.35 bits per heavy atom. The first-order valence-electron chi connectivity index (χ1n) is 5.83. The van der Waals surface area contributed by atoms with Gasteiger partial charge >= 0.3 is 0 Å². The molecule has 0 fully saturated rings. The zero-order chi connectivity index (χ0) is 14.5. The summed E-state index contributed by atoms with van der Waals surface area (Å²) in [6, 6.07) is 14.7. The van der Waals surface area contributed by atoms with Crippen molar-refractivity contribution in [1.29, 1.82) is 0 Å². The van der Waals surface area contributed by atoms with Crippen LogP contribution in [0.4, 0.5) is 11.4 Å². The molecule has 0 bridgehead atoms. The van der Waals surface area contributed by atoms with Gasteiger partial charge in [0.25, 0.3) is 5.69 Å². The molecule has 2 aromatic rings. The molecular weight excluding hydrogens is 280 g/mol. The lowest BCUT2D eigenvalue weighted by Gasteiger charge is -2.10. The van der Waals surface area contributed by atoms with Crippen molar-refractivity contribution in [1.82, 2.24) is 0 Å². The second-order valence-corrected chi connectivity index (χ2v) is 4.47. The molecule has 0 aliphatic rings. The highest BCUT2D eigenvalue weighted by Crippen LogP contribution is 2.27. The first-order chi connectivity index (χ1) is 9.59. The molecule has 1 unspecified atom stereocenters. The molecule has 2 aromatic carbocycles. The molecule has 1 atom stereocenters. The number of hydrogen-bond donors (Lipinski definition) is 1. The van der Waals surface area contributed by atoms with Crippen LogP contribution in [0.25, 0.3) is 0 Å². The first-order valence-corrected chi connectivity index (χ1v) is 6.26. The predicted octanol–water partition coefficient (Wildman–Crippen LogP) is 3.51. The third-order valence-electron chi connectivity index (χ3n) is 2.68. The minimum Gasteiger partial charge on any atom is -0.319 e. The summed E-state index contributed by atoms with van der Waals surface area (Å²) >= 11 is 6.06. The Labute approximate surface area is 120 Å². The standard InChI is InChI=1S/C14H11ClN2O3/c15-13(10-6-2-1-3-7-10)14(18)16-11-8-4-5-9-12(11)17(19)20/h1-9,13H,(H,16,18). The summed E-state index contributed by atoms with van der Waals surface area (Å²) in [5.41, 5.74) is 0.590. The van der Waals surface area contributed by atoms with Crippen molar-refractivity contribution in [2.45, 2.75) is 5.38 Å². The van der Waals surface area contributed by atoms with Crippen LogP contribution in [0, 0.1) is 10.1 Å². The van der Waals surface area contributed by atoms with Gasteiger partial charge in [0.2, 0.25) is 5.91 Å². The number of para-hydroxylation sites is 2. The highest BCUT2D eigenvalue weighted by Gasteiger charge is 2.21. The van der Waals surface area contributed by atoms with Gasteiger partial charge in [-0.1, -0.05) is 42.5 Å². The molecule has 5 nitrogen and oxygen atoms in total. The number of alkyl halides is 1. The number of anilines is 1. The summed E-state index contributed by atoms with van der Waals surface area (Å²) in [4.78, 5) is 22.3. The molecule has 102 valence electrons. The third kappa shape index (κ3) is 3.13. The second-order valence-electron chi connectivity index (χ2n) is 4.04. The Bertz CT molecular complexity index is 631. The molecule has 0 aromatic heterocycles.